The standard InChI is InChI=1S/C15H16O/c1-3-5-7-12-15(16)14(4-2)13-10-8-6-9-11-13/h3-12,14H,2H2,1H3/b5-3+,12-7+. The predicted molar refractivity (Wildman–Crippen MR) is 68.3 cm³/mol. The van der Waals surface area contributed by atoms with Crippen LogP contribution >= 0.6 is 0 Å². The van der Waals surface area contributed by atoms with Crippen molar-refractivity contribution < 1.29 is 4.79 Å². The van der Waals surface area contributed by atoms with E-state index in [4.69, 9.17) is 0 Å². The van der Waals surface area contributed by atoms with Crippen molar-refractivity contribution in [2.24, 2.45) is 0 Å². The third-order valence-corrected chi connectivity index (χ3v) is 2.26. The van der Waals surface area contributed by atoms with Crippen LogP contribution < -0.4 is 0 Å². The minimum absolute atomic E-state index is 0.0549. The molecule has 0 fully saturated rings. The maximum Gasteiger partial charge on any atom is 0.166 e. The molecule has 0 N–H and O–H groups in total. The first-order chi connectivity index (χ1) is 7.79. The largest absolute Gasteiger partial charge is 0.294 e. The lowest BCUT2D eigenvalue weighted by Crippen LogP contribution is -2.06. The number of ketones is 1. The van der Waals surface area contributed by atoms with E-state index in [1.165, 1.54) is 0 Å². The molecule has 82 valence electrons. The molecule has 16 heavy (non-hydrogen) atoms. The van der Waals surface area contributed by atoms with Gasteiger partial charge in [-0.2, -0.15) is 0 Å². The van der Waals surface area contributed by atoms with Crippen LogP contribution in [0.2, 0.25) is 0 Å². The van der Waals surface area contributed by atoms with Gasteiger partial charge in [-0.1, -0.05) is 54.6 Å². The molecule has 1 heteroatoms. The molecule has 0 radical (unpaired) electrons. The van der Waals surface area contributed by atoms with Gasteiger partial charge in [-0.05, 0) is 18.6 Å². The van der Waals surface area contributed by atoms with Gasteiger partial charge in [-0.3, -0.25) is 4.79 Å². The van der Waals surface area contributed by atoms with Gasteiger partial charge in [-0.25, -0.2) is 0 Å². The lowest BCUT2D eigenvalue weighted by atomic mass is 9.94. The first-order valence-electron chi connectivity index (χ1n) is 5.30. The van der Waals surface area contributed by atoms with Crippen LogP contribution in [0, 0.1) is 0 Å². The summed E-state index contributed by atoms with van der Waals surface area (Å²) in [7, 11) is 0. The van der Waals surface area contributed by atoms with Gasteiger partial charge in [0.15, 0.2) is 5.78 Å². The van der Waals surface area contributed by atoms with Crippen LogP contribution in [0.15, 0.2) is 67.3 Å². The molecule has 0 aliphatic rings. The molecule has 1 unspecified atom stereocenters. The molecule has 0 bridgehead atoms. The highest BCUT2D eigenvalue weighted by molar-refractivity contribution is 5.97. The molecule has 0 heterocycles. The second-order valence-electron chi connectivity index (χ2n) is 3.41. The van der Waals surface area contributed by atoms with Crippen LogP contribution in [0.4, 0.5) is 0 Å². The molecule has 1 nitrogen and oxygen atoms in total. The third-order valence-electron chi connectivity index (χ3n) is 2.26. The van der Waals surface area contributed by atoms with Crippen molar-refractivity contribution in [1.82, 2.24) is 0 Å². The minimum atomic E-state index is -0.247. The molecular formula is C15H16O. The second-order valence-corrected chi connectivity index (χ2v) is 3.41. The van der Waals surface area contributed by atoms with Gasteiger partial charge in [0, 0.05) is 0 Å². The Morgan fingerprint density at radius 2 is 1.94 bits per heavy atom. The Hall–Kier alpha value is -1.89. The van der Waals surface area contributed by atoms with E-state index in [0.29, 0.717) is 0 Å². The lowest BCUT2D eigenvalue weighted by molar-refractivity contribution is -0.115. The Morgan fingerprint density at radius 3 is 2.50 bits per heavy atom. The second kappa shape index (κ2) is 6.57. The van der Waals surface area contributed by atoms with Crippen LogP contribution in [-0.4, -0.2) is 5.78 Å². The number of carbonyl (C=O) groups is 1. The average Bonchev–Trinajstić information content (AvgIpc) is 2.32. The highest BCUT2D eigenvalue weighted by Gasteiger charge is 2.13. The first-order valence-corrected chi connectivity index (χ1v) is 5.30. The van der Waals surface area contributed by atoms with Crippen molar-refractivity contribution in [3.8, 4) is 0 Å². The number of allylic oxidation sites excluding steroid dienone is 5. The maximum absolute atomic E-state index is 11.9. The van der Waals surface area contributed by atoms with Crippen LogP contribution in [0.1, 0.15) is 18.4 Å². The SMILES string of the molecule is C=CC(C(=O)/C=C/C=C/C)c1ccccc1. The Kier molecular flexibility index (Phi) is 5.00. The Balaban J connectivity index is 2.83. The molecule has 0 saturated carbocycles. The van der Waals surface area contributed by atoms with Crippen molar-refractivity contribution >= 4 is 5.78 Å². The zero-order valence-corrected chi connectivity index (χ0v) is 9.47. The molecule has 0 spiro atoms. The van der Waals surface area contributed by atoms with Gasteiger partial charge >= 0.3 is 0 Å². The number of benzene rings is 1. The summed E-state index contributed by atoms with van der Waals surface area (Å²) < 4.78 is 0. The van der Waals surface area contributed by atoms with E-state index < -0.39 is 0 Å². The van der Waals surface area contributed by atoms with E-state index in [2.05, 4.69) is 6.58 Å². The van der Waals surface area contributed by atoms with Crippen molar-refractivity contribution in [3.05, 3.63) is 72.9 Å². The third kappa shape index (κ3) is 3.35. The van der Waals surface area contributed by atoms with E-state index in [-0.39, 0.29) is 11.7 Å². The fraction of sp³-hybridized carbons (Fsp3) is 0.133. The zero-order valence-electron chi connectivity index (χ0n) is 9.47. The maximum atomic E-state index is 11.9. The lowest BCUT2D eigenvalue weighted by Gasteiger charge is -2.08. The van der Waals surface area contributed by atoms with Crippen LogP contribution in [0.5, 0.6) is 0 Å². The molecule has 0 aliphatic carbocycles. The van der Waals surface area contributed by atoms with Crippen molar-refractivity contribution in [2.45, 2.75) is 12.8 Å². The summed E-state index contributed by atoms with van der Waals surface area (Å²) in [6.07, 6.45) is 8.73. The van der Waals surface area contributed by atoms with Crippen molar-refractivity contribution in [3.63, 3.8) is 0 Å². The quantitative estimate of drug-likeness (QED) is 0.413. The van der Waals surface area contributed by atoms with Gasteiger partial charge in [0.1, 0.15) is 0 Å². The summed E-state index contributed by atoms with van der Waals surface area (Å²) in [4.78, 5) is 11.9. The number of carbonyl (C=O) groups excluding carboxylic acids is 1. The van der Waals surface area contributed by atoms with Crippen molar-refractivity contribution in [1.29, 1.82) is 0 Å². The summed E-state index contributed by atoms with van der Waals surface area (Å²) >= 11 is 0. The van der Waals surface area contributed by atoms with Gasteiger partial charge in [0.25, 0.3) is 0 Å². The topological polar surface area (TPSA) is 17.1 Å². The first kappa shape index (κ1) is 12.2. The molecule has 0 amide bonds. The fourth-order valence-electron chi connectivity index (χ4n) is 1.44. The number of rotatable bonds is 5. The average molecular weight is 212 g/mol. The minimum Gasteiger partial charge on any atom is -0.294 e. The normalized spacial score (nSPS) is 13.1. The Bertz CT molecular complexity index is 399. The van der Waals surface area contributed by atoms with E-state index in [9.17, 15) is 4.79 Å². The molecule has 1 atom stereocenters. The van der Waals surface area contributed by atoms with E-state index in [1.54, 1.807) is 18.2 Å². The summed E-state index contributed by atoms with van der Waals surface area (Å²) in [5.74, 6) is -0.193. The fourth-order valence-corrected chi connectivity index (χ4v) is 1.44. The van der Waals surface area contributed by atoms with Gasteiger partial charge < -0.3 is 0 Å². The molecular weight excluding hydrogens is 196 g/mol. The van der Waals surface area contributed by atoms with Crippen LogP contribution in [0.25, 0.3) is 0 Å². The molecule has 1 aromatic carbocycles. The number of hydrogen-bond donors (Lipinski definition) is 0. The van der Waals surface area contributed by atoms with E-state index in [0.717, 1.165) is 5.56 Å². The molecule has 0 aromatic heterocycles. The summed E-state index contributed by atoms with van der Waals surface area (Å²) in [5.41, 5.74) is 0.979. The zero-order chi connectivity index (χ0) is 11.8. The van der Waals surface area contributed by atoms with Crippen molar-refractivity contribution in [2.75, 3.05) is 0 Å². The summed E-state index contributed by atoms with van der Waals surface area (Å²) in [6.45, 7) is 5.63. The van der Waals surface area contributed by atoms with Gasteiger partial charge in [0.05, 0.1) is 5.92 Å². The van der Waals surface area contributed by atoms with E-state index in [1.807, 2.05) is 49.4 Å². The van der Waals surface area contributed by atoms with E-state index >= 15 is 0 Å². The van der Waals surface area contributed by atoms with Gasteiger partial charge in [0.2, 0.25) is 0 Å². The Morgan fingerprint density at radius 1 is 1.25 bits per heavy atom. The summed E-state index contributed by atoms with van der Waals surface area (Å²) in [5, 5.41) is 0. The Labute approximate surface area is 96.8 Å². The molecule has 1 aromatic rings. The highest BCUT2D eigenvalue weighted by Crippen LogP contribution is 2.18. The smallest absolute Gasteiger partial charge is 0.166 e. The predicted octanol–water partition coefficient (Wildman–Crippen LogP) is 3.66. The highest BCUT2D eigenvalue weighted by atomic mass is 16.1. The van der Waals surface area contributed by atoms with Crippen LogP contribution in [-0.2, 0) is 4.79 Å². The van der Waals surface area contributed by atoms with Crippen LogP contribution in [0.3, 0.4) is 0 Å². The monoisotopic (exact) mass is 212 g/mol. The molecule has 1 rings (SSSR count). The van der Waals surface area contributed by atoms with Gasteiger partial charge in [-0.15, -0.1) is 6.58 Å². The molecule has 0 aliphatic heterocycles. The molecule has 0 saturated heterocycles. The number of hydrogen-bond acceptors (Lipinski definition) is 1. The summed E-state index contributed by atoms with van der Waals surface area (Å²) in [6, 6.07) is 9.66.